The summed E-state index contributed by atoms with van der Waals surface area (Å²) in [5.74, 6) is -1.12. The molecule has 7 aliphatic rings. The number of rotatable bonds is 19. The average molecular weight is 1390 g/mol. The summed E-state index contributed by atoms with van der Waals surface area (Å²) < 4.78 is 78.7. The van der Waals surface area contributed by atoms with Gasteiger partial charge in [-0.05, 0) is 112 Å². The smallest absolute Gasteiger partial charge is 0.311 e. The molecule has 18 atom stereocenters. The second kappa shape index (κ2) is 31.9. The van der Waals surface area contributed by atoms with Crippen LogP contribution in [0.25, 0.3) is 0 Å². The minimum Gasteiger partial charge on any atom is -0.465 e. The van der Waals surface area contributed by atoms with Crippen LogP contribution < -0.4 is 20.7 Å². The van der Waals surface area contributed by atoms with E-state index in [0.717, 1.165) is 27.2 Å². The summed E-state index contributed by atoms with van der Waals surface area (Å²) >= 11 is 0. The monoisotopic (exact) mass is 1380 g/mol. The summed E-state index contributed by atoms with van der Waals surface area (Å²) in [5.41, 5.74) is -1.14. The Labute approximate surface area is 580 Å². The molecule has 97 heavy (non-hydrogen) atoms. The van der Waals surface area contributed by atoms with Crippen LogP contribution in [0.15, 0.2) is 121 Å². The van der Waals surface area contributed by atoms with Crippen molar-refractivity contribution in [2.75, 3.05) is 26.4 Å². The van der Waals surface area contributed by atoms with Gasteiger partial charge in [-0.15, -0.1) is 0 Å². The fourth-order valence-corrected chi connectivity index (χ4v) is 24.6. The van der Waals surface area contributed by atoms with Crippen molar-refractivity contribution in [3.05, 3.63) is 121 Å². The van der Waals surface area contributed by atoms with Crippen LogP contribution >= 0.6 is 0 Å². The standard InChI is InChI=1S/C52H70O9Si2.C23H38O9.2CH4/c1-50(2,3)49(55)56-33-32-37-30-31-42-44(57-37)48(61-63(52(7,8)9,40-26-18-12-19-27-40)41-28-20-13-21-29-41)47-46(58-42)45(43(59-47)34-36(54)35-53)60-62(51(4,5)6,38-22-14-10-15-23-38)39-24-16-11-17-25-39;1-22(2,3)21(26)27-9-8-12-6-7-14-18(29-12)17(25)20-19(30-14)16(24)15(31-20)10-13-11-28-23(4,5)32-13;;/h10-29,36-37,42-48,53-54H,30-35H2,1-9H3;12-20,24-25H,6-11H2,1-5H3;2*1H4/t36-,37-,42+,43-,44+,45+,46+,47-,48+;12-,13-,14+,15-,16+,17+,18+,19+,20+;;/m11../s1. The molecule has 0 unspecified atom stereocenters. The van der Waals surface area contributed by atoms with Crippen LogP contribution in [0.5, 0.6) is 0 Å². The van der Waals surface area contributed by atoms with E-state index in [1.165, 1.54) is 0 Å². The third-order valence-corrected chi connectivity index (χ3v) is 30.1. The summed E-state index contributed by atoms with van der Waals surface area (Å²) in [4.78, 5) is 24.7. The van der Waals surface area contributed by atoms with Crippen molar-refractivity contribution in [2.45, 2.75) is 289 Å². The molecular weight excluding hydrogens is 1270 g/mol. The third kappa shape index (κ3) is 17.3. The molecule has 0 aliphatic carbocycles. The van der Waals surface area contributed by atoms with Gasteiger partial charge in [-0.25, -0.2) is 0 Å². The van der Waals surface area contributed by atoms with Crippen molar-refractivity contribution < 1.29 is 86.2 Å². The fourth-order valence-electron chi connectivity index (χ4n) is 15.2. The lowest BCUT2D eigenvalue weighted by Gasteiger charge is -2.53. The lowest BCUT2D eigenvalue weighted by Crippen LogP contribution is -2.73. The Morgan fingerprint density at radius 3 is 1.31 bits per heavy atom. The summed E-state index contributed by atoms with van der Waals surface area (Å²) in [5, 5.41) is 47.2. The molecule has 18 nitrogen and oxygen atoms in total. The predicted molar refractivity (Wildman–Crippen MR) is 378 cm³/mol. The highest BCUT2D eigenvalue weighted by atomic mass is 28.4. The maximum atomic E-state index is 12.8. The Hall–Kier alpha value is -4.31. The summed E-state index contributed by atoms with van der Waals surface area (Å²) in [6.45, 7) is 28.9. The maximum absolute atomic E-state index is 12.8. The lowest BCUT2D eigenvalue weighted by molar-refractivity contribution is -0.260. The highest BCUT2D eigenvalue weighted by Gasteiger charge is 2.65. The molecule has 0 radical (unpaired) electrons. The molecule has 4 aromatic rings. The van der Waals surface area contributed by atoms with Crippen LogP contribution in [0.3, 0.4) is 0 Å². The Bertz CT molecular complexity index is 3020. The first-order valence-corrected chi connectivity index (χ1v) is 38.5. The zero-order chi connectivity index (χ0) is 68.5. The van der Waals surface area contributed by atoms with Crippen molar-refractivity contribution in [1.82, 2.24) is 0 Å². The van der Waals surface area contributed by atoms with E-state index >= 15 is 0 Å². The minimum absolute atomic E-state index is 0. The largest absolute Gasteiger partial charge is 0.465 e. The van der Waals surface area contributed by atoms with Crippen LogP contribution in [-0.2, 0) is 65.8 Å². The van der Waals surface area contributed by atoms with E-state index in [1.54, 1.807) is 0 Å². The van der Waals surface area contributed by atoms with Crippen molar-refractivity contribution in [3.63, 3.8) is 0 Å². The molecule has 20 heteroatoms. The van der Waals surface area contributed by atoms with Gasteiger partial charge >= 0.3 is 11.9 Å². The van der Waals surface area contributed by atoms with Crippen molar-refractivity contribution >= 4 is 49.3 Å². The van der Waals surface area contributed by atoms with Gasteiger partial charge in [0.15, 0.2) is 5.79 Å². The Morgan fingerprint density at radius 2 is 0.897 bits per heavy atom. The van der Waals surface area contributed by atoms with E-state index in [-0.39, 0.29) is 87.0 Å². The molecule has 0 aromatic heterocycles. The zero-order valence-corrected chi connectivity index (χ0v) is 60.4. The van der Waals surface area contributed by atoms with Crippen molar-refractivity contribution in [2.24, 2.45) is 10.8 Å². The zero-order valence-electron chi connectivity index (χ0n) is 58.4. The number of ether oxygens (including phenoxy) is 10. The van der Waals surface area contributed by atoms with E-state index in [4.69, 9.17) is 56.2 Å². The van der Waals surface area contributed by atoms with Gasteiger partial charge in [0.2, 0.25) is 0 Å². The first-order valence-electron chi connectivity index (χ1n) is 34.7. The third-order valence-electron chi connectivity index (χ3n) is 20.0. The van der Waals surface area contributed by atoms with E-state index in [0.29, 0.717) is 45.1 Å². The molecule has 7 saturated heterocycles. The minimum atomic E-state index is -3.23. The molecule has 4 aromatic carbocycles. The van der Waals surface area contributed by atoms with Gasteiger partial charge < -0.3 is 76.6 Å². The van der Waals surface area contributed by atoms with Gasteiger partial charge in [-0.2, -0.15) is 0 Å². The molecule has 540 valence electrons. The molecule has 7 aliphatic heterocycles. The van der Waals surface area contributed by atoms with Crippen LogP contribution in [0, 0.1) is 10.8 Å². The van der Waals surface area contributed by atoms with E-state index < -0.39 is 119 Å². The Balaban J connectivity index is 0.000000297. The number of hydrogen-bond donors (Lipinski definition) is 4. The number of esters is 2. The lowest BCUT2D eigenvalue weighted by atomic mass is 9.88. The van der Waals surface area contributed by atoms with Crippen molar-refractivity contribution in [1.29, 1.82) is 0 Å². The number of hydrogen-bond acceptors (Lipinski definition) is 18. The first-order chi connectivity index (χ1) is 44.8. The molecule has 0 saturated carbocycles. The van der Waals surface area contributed by atoms with Gasteiger partial charge in [-0.1, -0.05) is 178 Å². The molecule has 11 rings (SSSR count). The molecular formula is C77H116O18Si2. The SMILES string of the molecule is C.C.CC(C)(C)C(=O)OCC[C@H]1CC[C@@H]2O[C@@H]3[C@@H](O[C@H](C[C@@H](O)CO)[C@@H]3O[Si](c3ccccc3)(c3ccccc3)C(C)(C)C)[C@@H](O[Si](c3ccccc3)(c3ccccc3)C(C)(C)C)[C@H]2O1.CC1(C)OC[C@@H](C[C@H]2O[C@H]3[C@@H](O)[C@H]4O[C@@H](CCOC(=O)C(C)(C)C)CC[C@@H]4O[C@H]3[C@H]2O)O1. The van der Waals surface area contributed by atoms with E-state index in [9.17, 15) is 30.0 Å². The predicted octanol–water partition coefficient (Wildman–Crippen LogP) is 9.27. The molecule has 7 fully saturated rings. The van der Waals surface area contributed by atoms with Crippen LogP contribution in [-0.4, -0.2) is 191 Å². The number of fused-ring (bicyclic) bond motifs is 4. The number of aliphatic hydroxyl groups is 4. The molecule has 0 spiro atoms. The molecule has 4 N–H and O–H groups in total. The van der Waals surface area contributed by atoms with E-state index in [1.807, 2.05) is 79.7 Å². The second-order valence-corrected chi connectivity index (χ2v) is 40.2. The van der Waals surface area contributed by atoms with Gasteiger partial charge in [0.25, 0.3) is 16.6 Å². The van der Waals surface area contributed by atoms with Crippen LogP contribution in [0.4, 0.5) is 0 Å². The van der Waals surface area contributed by atoms with Gasteiger partial charge in [0, 0.05) is 25.7 Å². The number of aliphatic hydroxyl groups excluding tert-OH is 4. The first kappa shape index (κ1) is 78.4. The van der Waals surface area contributed by atoms with Crippen LogP contribution in [0.1, 0.15) is 163 Å². The van der Waals surface area contributed by atoms with Crippen molar-refractivity contribution in [3.8, 4) is 0 Å². The summed E-state index contributed by atoms with van der Waals surface area (Å²) in [6.07, 6.45) is -5.44. The average Bonchev–Trinajstić information content (AvgIpc) is 1.67. The molecule has 7 heterocycles. The number of benzene rings is 4. The number of carbonyl (C=O) groups excluding carboxylic acids is 2. The quantitative estimate of drug-likeness (QED) is 0.0507. The van der Waals surface area contributed by atoms with E-state index in [2.05, 4.69) is 139 Å². The van der Waals surface area contributed by atoms with Gasteiger partial charge in [0.05, 0.1) is 86.1 Å². The topological polar surface area (TPSA) is 226 Å². The van der Waals surface area contributed by atoms with Gasteiger partial charge in [0.1, 0.15) is 61.0 Å². The molecule has 0 bridgehead atoms. The second-order valence-electron chi connectivity index (χ2n) is 31.7. The van der Waals surface area contributed by atoms with Crippen LogP contribution in [0.2, 0.25) is 10.1 Å². The summed E-state index contributed by atoms with van der Waals surface area (Å²) in [7, 11) is -6.43. The number of carbonyl (C=O) groups is 2. The summed E-state index contributed by atoms with van der Waals surface area (Å²) in [6, 6.07) is 42.3. The highest BCUT2D eigenvalue weighted by Crippen LogP contribution is 2.49. The molecule has 0 amide bonds. The Morgan fingerprint density at radius 1 is 0.505 bits per heavy atom. The highest BCUT2D eigenvalue weighted by molar-refractivity contribution is 7.00. The Kier molecular flexibility index (Phi) is 25.8. The maximum Gasteiger partial charge on any atom is 0.311 e. The van der Waals surface area contributed by atoms with Gasteiger partial charge in [-0.3, -0.25) is 9.59 Å². The normalized spacial score (nSPS) is 31.3. The fraction of sp³-hybridized carbons (Fsp3) is 0.662.